The van der Waals surface area contributed by atoms with Crippen LogP contribution in [0.2, 0.25) is 0 Å². The fourth-order valence-corrected chi connectivity index (χ4v) is 1.88. The van der Waals surface area contributed by atoms with Gasteiger partial charge in [0, 0.05) is 17.7 Å². The van der Waals surface area contributed by atoms with Crippen LogP contribution in [0.1, 0.15) is 18.9 Å². The fraction of sp³-hybridized carbons (Fsp3) is 0.273. The molecule has 5 heteroatoms. The Morgan fingerprint density at radius 1 is 1.50 bits per heavy atom. The van der Waals surface area contributed by atoms with Gasteiger partial charge in [0.25, 0.3) is 5.91 Å². The summed E-state index contributed by atoms with van der Waals surface area (Å²) >= 11 is 0. The van der Waals surface area contributed by atoms with Crippen molar-refractivity contribution in [2.75, 3.05) is 5.32 Å². The molecule has 0 fully saturated rings. The molecule has 1 heterocycles. The number of benzene rings is 1. The minimum absolute atomic E-state index is 0.0215. The lowest BCUT2D eigenvalue weighted by Gasteiger charge is -2.19. The van der Waals surface area contributed by atoms with Crippen molar-refractivity contribution in [3.8, 4) is 0 Å². The van der Waals surface area contributed by atoms with E-state index in [-0.39, 0.29) is 6.42 Å². The van der Waals surface area contributed by atoms with Crippen LogP contribution in [0.4, 0.5) is 5.69 Å². The average Bonchev–Trinajstić information content (AvgIpc) is 2.52. The lowest BCUT2D eigenvalue weighted by molar-refractivity contribution is -0.132. The maximum absolute atomic E-state index is 11.7. The van der Waals surface area contributed by atoms with E-state index in [2.05, 4.69) is 10.5 Å². The maximum atomic E-state index is 11.7. The molecule has 1 aromatic rings. The lowest BCUT2D eigenvalue weighted by Crippen LogP contribution is -2.36. The highest BCUT2D eigenvalue weighted by Gasteiger charge is 2.45. The van der Waals surface area contributed by atoms with Crippen molar-refractivity contribution >= 4 is 17.3 Å². The SMILES string of the molecule is CC(C[C@]1(O)C(=O)Nc2ccccc21)=NO. The number of anilines is 1. The number of fused-ring (bicyclic) bond motifs is 1. The first-order valence-corrected chi connectivity index (χ1v) is 4.89. The summed E-state index contributed by atoms with van der Waals surface area (Å²) in [6, 6.07) is 6.92. The Bertz CT molecular complexity index is 470. The molecule has 0 bridgehead atoms. The van der Waals surface area contributed by atoms with Gasteiger partial charge in [-0.1, -0.05) is 23.4 Å². The number of amides is 1. The van der Waals surface area contributed by atoms with E-state index in [0.29, 0.717) is 17.0 Å². The summed E-state index contributed by atoms with van der Waals surface area (Å²) in [6.45, 7) is 1.55. The number of rotatable bonds is 2. The number of nitrogens with zero attached hydrogens (tertiary/aromatic N) is 1. The number of para-hydroxylation sites is 1. The molecule has 0 radical (unpaired) electrons. The fourth-order valence-electron chi connectivity index (χ4n) is 1.88. The third kappa shape index (κ3) is 1.45. The van der Waals surface area contributed by atoms with Gasteiger partial charge in [0.1, 0.15) is 0 Å². The third-order valence-corrected chi connectivity index (χ3v) is 2.68. The van der Waals surface area contributed by atoms with E-state index >= 15 is 0 Å². The van der Waals surface area contributed by atoms with Crippen LogP contribution < -0.4 is 5.32 Å². The molecule has 3 N–H and O–H groups in total. The van der Waals surface area contributed by atoms with Crippen molar-refractivity contribution in [3.63, 3.8) is 0 Å². The first-order chi connectivity index (χ1) is 7.58. The molecule has 0 unspecified atom stereocenters. The molecule has 1 atom stereocenters. The molecule has 1 amide bonds. The molecule has 0 spiro atoms. The van der Waals surface area contributed by atoms with E-state index in [1.165, 1.54) is 0 Å². The van der Waals surface area contributed by atoms with Gasteiger partial charge in [-0.2, -0.15) is 0 Å². The number of aliphatic hydroxyl groups is 1. The standard InChI is InChI=1S/C11H12N2O3/c1-7(13-16)6-11(15)8-4-2-3-5-9(8)12-10(11)14/h2-5,15-16H,6H2,1H3,(H,12,14)/t11-/m1/s1. The van der Waals surface area contributed by atoms with Gasteiger partial charge in [0.2, 0.25) is 0 Å². The summed E-state index contributed by atoms with van der Waals surface area (Å²) in [5, 5.41) is 24.5. The van der Waals surface area contributed by atoms with E-state index in [0.717, 1.165) is 0 Å². The van der Waals surface area contributed by atoms with E-state index < -0.39 is 11.5 Å². The molecule has 2 rings (SSSR count). The molecule has 16 heavy (non-hydrogen) atoms. The predicted octanol–water partition coefficient (Wildman–Crippen LogP) is 1.07. The van der Waals surface area contributed by atoms with Crippen molar-refractivity contribution in [3.05, 3.63) is 29.8 Å². The van der Waals surface area contributed by atoms with E-state index in [4.69, 9.17) is 5.21 Å². The Morgan fingerprint density at radius 2 is 2.19 bits per heavy atom. The van der Waals surface area contributed by atoms with Gasteiger partial charge in [-0.3, -0.25) is 4.79 Å². The van der Waals surface area contributed by atoms with Crippen molar-refractivity contribution < 1.29 is 15.1 Å². The zero-order chi connectivity index (χ0) is 11.8. The molecule has 0 aromatic heterocycles. The number of carbonyl (C=O) groups is 1. The Labute approximate surface area is 92.4 Å². The summed E-state index contributed by atoms with van der Waals surface area (Å²) in [4.78, 5) is 11.7. The van der Waals surface area contributed by atoms with Gasteiger partial charge in [-0.05, 0) is 13.0 Å². The molecule has 0 aliphatic carbocycles. The number of nitrogens with one attached hydrogen (secondary N) is 1. The van der Waals surface area contributed by atoms with Gasteiger partial charge in [0.05, 0.1) is 5.71 Å². The zero-order valence-electron chi connectivity index (χ0n) is 8.77. The van der Waals surface area contributed by atoms with Crippen LogP contribution in [-0.4, -0.2) is 21.9 Å². The van der Waals surface area contributed by atoms with E-state index in [1.54, 1.807) is 31.2 Å². The predicted molar refractivity (Wildman–Crippen MR) is 58.5 cm³/mol. The van der Waals surface area contributed by atoms with Crippen molar-refractivity contribution in [2.45, 2.75) is 18.9 Å². The molecular formula is C11H12N2O3. The molecule has 5 nitrogen and oxygen atoms in total. The molecular weight excluding hydrogens is 208 g/mol. The highest BCUT2D eigenvalue weighted by molar-refractivity contribution is 6.07. The second-order valence-corrected chi connectivity index (χ2v) is 3.87. The number of hydrogen-bond acceptors (Lipinski definition) is 4. The monoisotopic (exact) mass is 220 g/mol. The quantitative estimate of drug-likeness (QED) is 0.396. The largest absolute Gasteiger partial charge is 0.411 e. The van der Waals surface area contributed by atoms with Crippen LogP contribution in [0.25, 0.3) is 0 Å². The smallest absolute Gasteiger partial charge is 0.261 e. The minimum atomic E-state index is -1.63. The first kappa shape index (κ1) is 10.6. The number of carbonyl (C=O) groups excluding carboxylic acids is 1. The minimum Gasteiger partial charge on any atom is -0.411 e. The normalized spacial score (nSPS) is 24.1. The van der Waals surface area contributed by atoms with E-state index in [1.807, 2.05) is 0 Å². The second kappa shape index (κ2) is 3.61. The van der Waals surface area contributed by atoms with Crippen LogP contribution in [0.3, 0.4) is 0 Å². The van der Waals surface area contributed by atoms with Crippen LogP contribution in [0.5, 0.6) is 0 Å². The summed E-state index contributed by atoms with van der Waals surface area (Å²) < 4.78 is 0. The van der Waals surface area contributed by atoms with Gasteiger partial charge in [0.15, 0.2) is 5.60 Å². The Hall–Kier alpha value is -1.88. The average molecular weight is 220 g/mol. The first-order valence-electron chi connectivity index (χ1n) is 4.89. The lowest BCUT2D eigenvalue weighted by atomic mass is 9.90. The highest BCUT2D eigenvalue weighted by atomic mass is 16.4. The van der Waals surface area contributed by atoms with Crippen LogP contribution in [-0.2, 0) is 10.4 Å². The molecule has 0 saturated carbocycles. The molecule has 84 valence electrons. The van der Waals surface area contributed by atoms with Gasteiger partial charge >= 0.3 is 0 Å². The summed E-state index contributed by atoms with van der Waals surface area (Å²) in [5.41, 5.74) is -0.217. The summed E-state index contributed by atoms with van der Waals surface area (Å²) in [7, 11) is 0. The van der Waals surface area contributed by atoms with Crippen molar-refractivity contribution in [1.29, 1.82) is 0 Å². The third-order valence-electron chi connectivity index (χ3n) is 2.68. The Morgan fingerprint density at radius 3 is 2.88 bits per heavy atom. The number of oxime groups is 1. The molecule has 1 aromatic carbocycles. The Balaban J connectivity index is 2.44. The molecule has 1 aliphatic heterocycles. The molecule has 1 aliphatic rings. The van der Waals surface area contributed by atoms with Crippen molar-refractivity contribution in [1.82, 2.24) is 0 Å². The maximum Gasteiger partial charge on any atom is 0.261 e. The van der Waals surface area contributed by atoms with Gasteiger partial charge in [-0.15, -0.1) is 0 Å². The zero-order valence-corrected chi connectivity index (χ0v) is 8.77. The topological polar surface area (TPSA) is 81.9 Å². The number of hydrogen-bond donors (Lipinski definition) is 3. The molecule has 0 saturated heterocycles. The Kier molecular flexibility index (Phi) is 2.40. The second-order valence-electron chi connectivity index (χ2n) is 3.87. The highest BCUT2D eigenvalue weighted by Crippen LogP contribution is 2.38. The van der Waals surface area contributed by atoms with Crippen LogP contribution >= 0.6 is 0 Å². The summed E-state index contributed by atoms with van der Waals surface area (Å²) in [6.07, 6.45) is -0.0215. The van der Waals surface area contributed by atoms with Crippen LogP contribution in [0, 0.1) is 0 Å². The van der Waals surface area contributed by atoms with Gasteiger partial charge < -0.3 is 15.6 Å². The van der Waals surface area contributed by atoms with Gasteiger partial charge in [-0.25, -0.2) is 0 Å². The van der Waals surface area contributed by atoms with Crippen LogP contribution in [0.15, 0.2) is 29.4 Å². The summed E-state index contributed by atoms with van der Waals surface area (Å²) in [5.74, 6) is -0.489. The van der Waals surface area contributed by atoms with E-state index in [9.17, 15) is 9.90 Å². The van der Waals surface area contributed by atoms with Crippen molar-refractivity contribution in [2.24, 2.45) is 5.16 Å².